The van der Waals surface area contributed by atoms with Crippen molar-refractivity contribution in [1.29, 1.82) is 5.26 Å². The molecule has 0 aliphatic rings. The number of phenols is 1. The van der Waals surface area contributed by atoms with Crippen LogP contribution in [0.15, 0.2) is 48.0 Å². The van der Waals surface area contributed by atoms with E-state index in [-0.39, 0.29) is 17.1 Å². The summed E-state index contributed by atoms with van der Waals surface area (Å²) in [7, 11) is 1.42. The summed E-state index contributed by atoms with van der Waals surface area (Å²) in [6, 6.07) is 13.0. The van der Waals surface area contributed by atoms with Crippen molar-refractivity contribution in [2.24, 2.45) is 0 Å². The lowest BCUT2D eigenvalue weighted by Gasteiger charge is -2.06. The summed E-state index contributed by atoms with van der Waals surface area (Å²) in [6.07, 6.45) is 1.40. The maximum atomic E-state index is 12.2. The largest absolute Gasteiger partial charge is 0.504 e. The Balaban J connectivity index is 2.25. The number of ether oxygens (including phenoxy) is 1. The van der Waals surface area contributed by atoms with Gasteiger partial charge in [-0.25, -0.2) is 0 Å². The molecule has 0 radical (unpaired) electrons. The number of hydrogen-bond acceptors (Lipinski definition) is 4. The average Bonchev–Trinajstić information content (AvgIpc) is 2.53. The van der Waals surface area contributed by atoms with E-state index in [1.807, 2.05) is 6.07 Å². The molecule has 0 aliphatic carbocycles. The number of nitrogens with zero attached hydrogens (tertiary/aromatic N) is 1. The molecule has 1 amide bonds. The minimum atomic E-state index is -0.554. The van der Waals surface area contributed by atoms with Crippen LogP contribution >= 0.6 is 11.6 Å². The van der Waals surface area contributed by atoms with Crippen molar-refractivity contribution in [3.8, 4) is 17.6 Å². The van der Waals surface area contributed by atoms with Crippen molar-refractivity contribution in [3.63, 3.8) is 0 Å². The molecule has 0 saturated carbocycles. The molecule has 2 aromatic carbocycles. The number of anilines is 1. The number of nitrogens with one attached hydrogen (secondary N) is 1. The summed E-state index contributed by atoms with van der Waals surface area (Å²) in [5.74, 6) is -0.320. The van der Waals surface area contributed by atoms with Crippen LogP contribution in [-0.4, -0.2) is 18.1 Å². The Bertz CT molecular complexity index is 810. The standard InChI is InChI=1S/C17H13ClN2O3/c1-23-16-8-11(5-6-15(16)21)7-12(10-19)17(22)20-14-4-2-3-13(18)9-14/h2-9,21H,1H3,(H,20,22). The molecule has 5 nitrogen and oxygen atoms in total. The fraction of sp³-hybridized carbons (Fsp3) is 0.0588. The zero-order valence-corrected chi connectivity index (χ0v) is 13.0. The van der Waals surface area contributed by atoms with Gasteiger partial charge in [0.1, 0.15) is 11.6 Å². The number of carbonyl (C=O) groups is 1. The lowest BCUT2D eigenvalue weighted by atomic mass is 10.1. The molecule has 0 fully saturated rings. The van der Waals surface area contributed by atoms with Gasteiger partial charge in [0.2, 0.25) is 0 Å². The first-order chi connectivity index (χ1) is 11.0. The number of benzene rings is 2. The second-order valence-electron chi connectivity index (χ2n) is 4.57. The first kappa shape index (κ1) is 16.4. The monoisotopic (exact) mass is 328 g/mol. The lowest BCUT2D eigenvalue weighted by molar-refractivity contribution is -0.112. The Morgan fingerprint density at radius 3 is 2.78 bits per heavy atom. The summed E-state index contributed by atoms with van der Waals surface area (Å²) in [5.41, 5.74) is 0.960. The Hall–Kier alpha value is -2.97. The van der Waals surface area contributed by atoms with Crippen LogP contribution in [0.3, 0.4) is 0 Å². The Morgan fingerprint density at radius 1 is 1.35 bits per heavy atom. The van der Waals surface area contributed by atoms with E-state index < -0.39 is 5.91 Å². The average molecular weight is 329 g/mol. The van der Waals surface area contributed by atoms with Crippen LogP contribution in [-0.2, 0) is 4.79 Å². The van der Waals surface area contributed by atoms with Gasteiger partial charge in [-0.1, -0.05) is 23.7 Å². The third-order valence-electron chi connectivity index (χ3n) is 2.96. The Morgan fingerprint density at radius 2 is 2.13 bits per heavy atom. The molecule has 2 rings (SSSR count). The summed E-state index contributed by atoms with van der Waals surface area (Å²) in [4.78, 5) is 12.2. The molecular formula is C17H13ClN2O3. The van der Waals surface area contributed by atoms with E-state index in [0.717, 1.165) is 0 Å². The minimum Gasteiger partial charge on any atom is -0.504 e. The van der Waals surface area contributed by atoms with Crippen LogP contribution in [0.2, 0.25) is 5.02 Å². The zero-order chi connectivity index (χ0) is 16.8. The fourth-order valence-electron chi connectivity index (χ4n) is 1.86. The van der Waals surface area contributed by atoms with Crippen LogP contribution in [0.5, 0.6) is 11.5 Å². The van der Waals surface area contributed by atoms with Gasteiger partial charge in [-0.3, -0.25) is 4.79 Å². The van der Waals surface area contributed by atoms with Gasteiger partial charge in [-0.05, 0) is 42.0 Å². The number of rotatable bonds is 4. The molecule has 0 saturated heterocycles. The van der Waals surface area contributed by atoms with E-state index in [4.69, 9.17) is 16.3 Å². The minimum absolute atomic E-state index is 0.0217. The van der Waals surface area contributed by atoms with Crippen molar-refractivity contribution in [1.82, 2.24) is 0 Å². The zero-order valence-electron chi connectivity index (χ0n) is 12.2. The molecule has 0 spiro atoms. The van der Waals surface area contributed by atoms with Gasteiger partial charge in [0.15, 0.2) is 11.5 Å². The van der Waals surface area contributed by atoms with E-state index in [2.05, 4.69) is 5.32 Å². The topological polar surface area (TPSA) is 82.3 Å². The third-order valence-corrected chi connectivity index (χ3v) is 3.20. The first-order valence-electron chi connectivity index (χ1n) is 6.59. The smallest absolute Gasteiger partial charge is 0.266 e. The van der Waals surface area contributed by atoms with Gasteiger partial charge in [-0.15, -0.1) is 0 Å². The highest BCUT2D eigenvalue weighted by atomic mass is 35.5. The lowest BCUT2D eigenvalue weighted by Crippen LogP contribution is -2.13. The first-order valence-corrected chi connectivity index (χ1v) is 6.97. The predicted octanol–water partition coefficient (Wildman–Crippen LogP) is 3.60. The summed E-state index contributed by atoms with van der Waals surface area (Å²) in [6.45, 7) is 0. The third kappa shape index (κ3) is 4.25. The van der Waals surface area contributed by atoms with E-state index >= 15 is 0 Å². The van der Waals surface area contributed by atoms with Crippen LogP contribution in [0.1, 0.15) is 5.56 Å². The quantitative estimate of drug-likeness (QED) is 0.663. The molecule has 0 heterocycles. The van der Waals surface area contributed by atoms with Crippen LogP contribution in [0.25, 0.3) is 6.08 Å². The predicted molar refractivity (Wildman–Crippen MR) is 88.3 cm³/mol. The van der Waals surface area contributed by atoms with Gasteiger partial charge in [0, 0.05) is 10.7 Å². The molecule has 6 heteroatoms. The highest BCUT2D eigenvalue weighted by Crippen LogP contribution is 2.27. The van der Waals surface area contributed by atoms with E-state index in [1.165, 1.54) is 25.3 Å². The summed E-state index contributed by atoms with van der Waals surface area (Å²) < 4.78 is 4.99. The van der Waals surface area contributed by atoms with Gasteiger partial charge in [0.25, 0.3) is 5.91 Å². The molecule has 116 valence electrons. The Labute approximate surface area is 138 Å². The highest BCUT2D eigenvalue weighted by Gasteiger charge is 2.10. The normalized spacial score (nSPS) is 10.7. The van der Waals surface area contributed by atoms with Crippen molar-refractivity contribution in [3.05, 3.63) is 58.6 Å². The van der Waals surface area contributed by atoms with E-state index in [0.29, 0.717) is 16.3 Å². The van der Waals surface area contributed by atoms with E-state index in [1.54, 1.807) is 30.3 Å². The van der Waals surface area contributed by atoms with E-state index in [9.17, 15) is 15.2 Å². The SMILES string of the molecule is COc1cc(C=C(C#N)C(=O)Nc2cccc(Cl)c2)ccc1O. The van der Waals surface area contributed by atoms with Crippen LogP contribution in [0.4, 0.5) is 5.69 Å². The van der Waals surface area contributed by atoms with Crippen molar-refractivity contribution in [2.75, 3.05) is 12.4 Å². The molecule has 0 unspecified atom stereocenters. The fourth-order valence-corrected chi connectivity index (χ4v) is 2.05. The van der Waals surface area contributed by atoms with Gasteiger partial charge in [-0.2, -0.15) is 5.26 Å². The number of halogens is 1. The van der Waals surface area contributed by atoms with Crippen LogP contribution < -0.4 is 10.1 Å². The highest BCUT2D eigenvalue weighted by molar-refractivity contribution is 6.31. The second kappa shape index (κ2) is 7.34. The molecule has 0 aromatic heterocycles. The Kier molecular flexibility index (Phi) is 5.23. The summed E-state index contributed by atoms with van der Waals surface area (Å²) in [5, 5.41) is 21.8. The van der Waals surface area contributed by atoms with Gasteiger partial charge in [0.05, 0.1) is 7.11 Å². The maximum absolute atomic E-state index is 12.2. The van der Waals surface area contributed by atoms with Gasteiger partial charge >= 0.3 is 0 Å². The molecule has 2 N–H and O–H groups in total. The van der Waals surface area contributed by atoms with Crippen LogP contribution in [0, 0.1) is 11.3 Å². The number of carbonyl (C=O) groups excluding carboxylic acids is 1. The number of nitriles is 1. The molecule has 23 heavy (non-hydrogen) atoms. The molecule has 2 aromatic rings. The van der Waals surface area contributed by atoms with Crippen molar-refractivity contribution < 1.29 is 14.6 Å². The number of hydrogen-bond donors (Lipinski definition) is 2. The molecule has 0 atom stereocenters. The number of aromatic hydroxyl groups is 1. The summed E-state index contributed by atoms with van der Waals surface area (Å²) >= 11 is 5.85. The number of phenolic OH excluding ortho intramolecular Hbond substituents is 1. The molecule has 0 bridgehead atoms. The van der Waals surface area contributed by atoms with Crippen molar-refractivity contribution in [2.45, 2.75) is 0 Å². The molecular weight excluding hydrogens is 316 g/mol. The van der Waals surface area contributed by atoms with Crippen molar-refractivity contribution >= 4 is 29.3 Å². The second-order valence-corrected chi connectivity index (χ2v) is 5.00. The molecule has 0 aliphatic heterocycles. The maximum Gasteiger partial charge on any atom is 0.266 e. The number of methoxy groups -OCH3 is 1. The number of amides is 1. The van der Waals surface area contributed by atoms with Gasteiger partial charge < -0.3 is 15.2 Å².